The summed E-state index contributed by atoms with van der Waals surface area (Å²) in [7, 11) is 0. The molecular weight excluding hydrogens is 658 g/mol. The molecule has 2 aliphatic carbocycles. The Labute approximate surface area is 254 Å². The molecule has 16 heteroatoms. The summed E-state index contributed by atoms with van der Waals surface area (Å²) in [5.74, 6) is -8.32. The smallest absolute Gasteiger partial charge is 0.282 e. The Kier molecular flexibility index (Phi) is 6.92. The van der Waals surface area contributed by atoms with Crippen LogP contribution in [0.2, 0.25) is 0 Å². The number of hydrogen-bond donors (Lipinski definition) is 0. The van der Waals surface area contributed by atoms with Crippen LogP contribution in [0.4, 0.5) is 10.1 Å². The van der Waals surface area contributed by atoms with Gasteiger partial charge < -0.3 is 0 Å². The van der Waals surface area contributed by atoms with Crippen LogP contribution in [0.3, 0.4) is 0 Å². The number of halogens is 7. The van der Waals surface area contributed by atoms with Crippen molar-refractivity contribution in [1.29, 1.82) is 0 Å². The average Bonchev–Trinajstić information content (AvgIpc) is 3.30. The number of carbonyl (C=O) groups excluding carboxylic acids is 4. The third-order valence-corrected chi connectivity index (χ3v) is 11.4. The van der Waals surface area contributed by atoms with Crippen molar-refractivity contribution >= 4 is 98.8 Å². The second-order valence-corrected chi connectivity index (χ2v) is 12.4. The lowest BCUT2D eigenvalue weighted by molar-refractivity contribution is -0.385. The van der Waals surface area contributed by atoms with Gasteiger partial charge in [-0.1, -0.05) is 58.5 Å². The highest BCUT2D eigenvalue weighted by atomic mass is 35.5. The van der Waals surface area contributed by atoms with Crippen molar-refractivity contribution in [3.8, 4) is 0 Å². The van der Waals surface area contributed by atoms with Gasteiger partial charge in [0.1, 0.15) is 27.7 Å². The highest BCUT2D eigenvalue weighted by molar-refractivity contribution is 6.66. The van der Waals surface area contributed by atoms with E-state index < -0.39 is 78.0 Å². The van der Waals surface area contributed by atoms with E-state index in [0.717, 1.165) is 36.4 Å². The van der Waals surface area contributed by atoms with Gasteiger partial charge in [0.2, 0.25) is 0 Å². The largest absolute Gasteiger partial charge is 0.292 e. The number of benzene rings is 2. The average molecular weight is 670 g/mol. The van der Waals surface area contributed by atoms with Gasteiger partial charge in [-0.2, -0.15) is 5.01 Å². The number of Topliss-reactive ketones (excluding diaryl/α,β-unsaturated/α-hetero) is 1. The minimum absolute atomic E-state index is 0.0861. The van der Waals surface area contributed by atoms with Crippen molar-refractivity contribution in [2.45, 2.75) is 14.1 Å². The summed E-state index contributed by atoms with van der Waals surface area (Å²) in [5.41, 5.74) is -1.29. The molecule has 3 aliphatic rings. The van der Waals surface area contributed by atoms with Gasteiger partial charge in [-0.05, 0) is 30.3 Å². The molecule has 9 nitrogen and oxygen atoms in total. The van der Waals surface area contributed by atoms with Gasteiger partial charge in [-0.3, -0.25) is 29.3 Å². The molecule has 4 atom stereocenters. The normalized spacial score (nSPS) is 28.2. The van der Waals surface area contributed by atoms with Crippen LogP contribution in [0.1, 0.15) is 20.7 Å². The first-order valence-electron chi connectivity index (χ1n) is 11.2. The lowest BCUT2D eigenvalue weighted by Gasteiger charge is -2.36. The highest BCUT2D eigenvalue weighted by Gasteiger charge is 2.88. The zero-order chi connectivity index (χ0) is 29.5. The molecule has 2 aromatic rings. The zero-order valence-corrected chi connectivity index (χ0v) is 24.0. The van der Waals surface area contributed by atoms with Crippen molar-refractivity contribution in [3.05, 3.63) is 85.7 Å². The van der Waals surface area contributed by atoms with E-state index in [4.69, 9.17) is 69.6 Å². The molecule has 2 fully saturated rings. The molecule has 0 aromatic heterocycles. The SMILES string of the molecule is O=C(CN(C(=O)c1ccccc1[N+](=O)[O-])N1C(=O)[C@@H]2[C@H](C1=O)[C@@]1(Cl)C(Cl)=C(Cl)[C@@]2(Cl)C1(Cl)Cl)c1ccc(F)cc1. The van der Waals surface area contributed by atoms with Gasteiger partial charge in [0.25, 0.3) is 23.4 Å². The molecule has 5 rings (SSSR count). The summed E-state index contributed by atoms with van der Waals surface area (Å²) in [5, 5.41) is 11.6. The standard InChI is InChI=1S/C24H12Cl6FN3O6/c25-17-18(26)23(28)16-15(22(17,27)24(23,29)30)20(37)33(21(16)38)32(9-14(35)10-5-7-11(31)8-6-10)19(36)12-3-1-2-4-13(12)34(39)40/h1-8,15-16H,9H2/t15-,16+,22-,23-/m1/s1. The third-order valence-electron chi connectivity index (χ3n) is 7.15. The number of fused-ring (bicyclic) bond motifs is 5. The summed E-state index contributed by atoms with van der Waals surface area (Å²) in [4.78, 5) is 61.1. The minimum atomic E-state index is -2.25. The van der Waals surface area contributed by atoms with E-state index in [0.29, 0.717) is 10.0 Å². The highest BCUT2D eigenvalue weighted by Crippen LogP contribution is 2.77. The number of hydrazine groups is 1. The zero-order valence-electron chi connectivity index (χ0n) is 19.4. The number of carbonyl (C=O) groups is 4. The molecule has 3 amide bonds. The Morgan fingerprint density at radius 1 is 0.925 bits per heavy atom. The molecule has 40 heavy (non-hydrogen) atoms. The van der Waals surface area contributed by atoms with Crippen LogP contribution >= 0.6 is 69.6 Å². The first kappa shape index (κ1) is 29.0. The summed E-state index contributed by atoms with van der Waals surface area (Å²) in [6.07, 6.45) is 0. The fourth-order valence-corrected chi connectivity index (χ4v) is 8.20. The van der Waals surface area contributed by atoms with E-state index in [1.165, 1.54) is 12.1 Å². The number of imide groups is 1. The van der Waals surface area contributed by atoms with Gasteiger partial charge >= 0.3 is 0 Å². The third kappa shape index (κ3) is 3.60. The molecule has 208 valence electrons. The van der Waals surface area contributed by atoms with Crippen LogP contribution in [0, 0.1) is 27.8 Å². The summed E-state index contributed by atoms with van der Waals surface area (Å²) >= 11 is 39.0. The van der Waals surface area contributed by atoms with Crippen LogP contribution in [-0.2, 0) is 9.59 Å². The number of ketones is 1. The Hall–Kier alpha value is -2.47. The number of nitro benzene ring substituents is 1. The first-order valence-corrected chi connectivity index (χ1v) is 13.4. The van der Waals surface area contributed by atoms with Crippen molar-refractivity contribution in [2.75, 3.05) is 6.54 Å². The molecule has 2 bridgehead atoms. The lowest BCUT2D eigenvalue weighted by Crippen LogP contribution is -2.56. The number of rotatable bonds is 6. The maximum atomic E-state index is 13.9. The van der Waals surface area contributed by atoms with Gasteiger partial charge in [0.15, 0.2) is 10.1 Å². The van der Waals surface area contributed by atoms with Crippen LogP contribution in [0.15, 0.2) is 58.6 Å². The van der Waals surface area contributed by atoms with Crippen LogP contribution in [0.25, 0.3) is 0 Å². The quantitative estimate of drug-likeness (QED) is 0.133. The predicted molar refractivity (Wildman–Crippen MR) is 144 cm³/mol. The van der Waals surface area contributed by atoms with Gasteiger partial charge in [-0.15, -0.1) is 23.2 Å². The van der Waals surface area contributed by atoms with Crippen LogP contribution < -0.4 is 0 Å². The molecular formula is C24H12Cl6FN3O6. The van der Waals surface area contributed by atoms with Gasteiger partial charge in [-0.25, -0.2) is 9.40 Å². The van der Waals surface area contributed by atoms with Crippen molar-refractivity contribution in [3.63, 3.8) is 0 Å². The van der Waals surface area contributed by atoms with E-state index in [1.807, 2.05) is 0 Å². The second kappa shape index (κ2) is 9.54. The van der Waals surface area contributed by atoms with Gasteiger partial charge in [0.05, 0.1) is 26.8 Å². The number of nitro groups is 1. The number of allylic oxidation sites excluding steroid dienone is 2. The van der Waals surface area contributed by atoms with E-state index >= 15 is 0 Å². The lowest BCUT2D eigenvalue weighted by atomic mass is 9.84. The fraction of sp³-hybridized carbons (Fsp3) is 0.250. The summed E-state index contributed by atoms with van der Waals surface area (Å²) < 4.78 is 11.2. The minimum Gasteiger partial charge on any atom is -0.292 e. The van der Waals surface area contributed by atoms with Crippen molar-refractivity contribution in [2.24, 2.45) is 11.8 Å². The number of hydrogen-bond acceptors (Lipinski definition) is 6. The number of amides is 3. The van der Waals surface area contributed by atoms with E-state index in [9.17, 15) is 33.7 Å². The molecule has 0 radical (unpaired) electrons. The maximum absolute atomic E-state index is 13.9. The summed E-state index contributed by atoms with van der Waals surface area (Å²) in [6.45, 7) is -0.972. The molecule has 0 unspecified atom stereocenters. The van der Waals surface area contributed by atoms with Crippen LogP contribution in [-0.4, -0.2) is 59.1 Å². The number of alkyl halides is 4. The molecule has 2 aromatic carbocycles. The maximum Gasteiger partial charge on any atom is 0.282 e. The molecule has 0 N–H and O–H groups in total. The monoisotopic (exact) mass is 667 g/mol. The topological polar surface area (TPSA) is 118 Å². The van der Waals surface area contributed by atoms with E-state index in [1.54, 1.807) is 0 Å². The molecule has 0 spiro atoms. The second-order valence-electron chi connectivity index (χ2n) is 9.14. The molecule has 1 saturated carbocycles. The Balaban J connectivity index is 1.63. The number of nitrogens with zero attached hydrogens (tertiary/aromatic N) is 3. The van der Waals surface area contributed by atoms with Gasteiger partial charge in [0, 0.05) is 11.6 Å². The molecule has 1 saturated heterocycles. The Bertz CT molecular complexity index is 1520. The molecule has 1 aliphatic heterocycles. The predicted octanol–water partition coefficient (Wildman–Crippen LogP) is 5.42. The Morgan fingerprint density at radius 3 is 1.93 bits per heavy atom. The van der Waals surface area contributed by atoms with Crippen molar-refractivity contribution < 1.29 is 28.5 Å². The van der Waals surface area contributed by atoms with Crippen LogP contribution in [0.5, 0.6) is 0 Å². The molecule has 1 heterocycles. The number of para-hydroxylation sites is 1. The van der Waals surface area contributed by atoms with E-state index in [-0.39, 0.29) is 15.6 Å². The van der Waals surface area contributed by atoms with E-state index in [2.05, 4.69) is 0 Å². The van der Waals surface area contributed by atoms with Crippen molar-refractivity contribution in [1.82, 2.24) is 10.0 Å². The fourth-order valence-electron chi connectivity index (χ4n) is 5.27. The summed E-state index contributed by atoms with van der Waals surface area (Å²) in [6, 6.07) is 8.92. The Morgan fingerprint density at radius 2 is 1.43 bits per heavy atom. The first-order chi connectivity index (χ1) is 18.6.